The quantitative estimate of drug-likeness (QED) is 0.666. The predicted molar refractivity (Wildman–Crippen MR) is 66.7 cm³/mol. The first-order valence-electron chi connectivity index (χ1n) is 5.82. The van der Waals surface area contributed by atoms with Crippen LogP contribution in [-0.2, 0) is 19.4 Å². The third-order valence-electron chi connectivity index (χ3n) is 2.58. The first-order valence-corrected chi connectivity index (χ1v) is 7.88. The molecular formula is C10H18N2O6S. The molecule has 1 atom stereocenters. The van der Waals surface area contributed by atoms with Gasteiger partial charge in [0.1, 0.15) is 9.84 Å². The molecule has 0 aromatic heterocycles. The van der Waals surface area contributed by atoms with Crippen LogP contribution in [0.2, 0.25) is 0 Å². The Labute approximate surface area is 111 Å². The van der Waals surface area contributed by atoms with Gasteiger partial charge in [-0.25, -0.2) is 13.2 Å². The van der Waals surface area contributed by atoms with Crippen molar-refractivity contribution in [3.8, 4) is 0 Å². The Kier molecular flexibility index (Phi) is 5.55. The van der Waals surface area contributed by atoms with Crippen LogP contribution in [0.4, 0.5) is 4.79 Å². The van der Waals surface area contributed by atoms with E-state index in [0.29, 0.717) is 6.54 Å². The fourth-order valence-corrected chi connectivity index (χ4v) is 2.15. The number of sulfone groups is 1. The number of amides is 2. The van der Waals surface area contributed by atoms with Crippen molar-refractivity contribution in [2.45, 2.75) is 12.5 Å². The van der Waals surface area contributed by atoms with Crippen molar-refractivity contribution in [1.29, 1.82) is 0 Å². The molecule has 19 heavy (non-hydrogen) atoms. The highest BCUT2D eigenvalue weighted by Gasteiger charge is 2.25. The number of carboxylic acids is 1. The Morgan fingerprint density at radius 1 is 1.47 bits per heavy atom. The summed E-state index contributed by atoms with van der Waals surface area (Å²) in [6.45, 7) is 0.869. The van der Waals surface area contributed by atoms with Gasteiger partial charge in [0.25, 0.3) is 0 Å². The number of carbonyl (C=O) groups excluding carboxylic acids is 1. The SMILES string of the molecule is CS(=O)(=O)CCNC(=O)N1CCOC(CC(=O)O)C1. The Hall–Kier alpha value is -1.35. The molecule has 1 saturated heterocycles. The van der Waals surface area contributed by atoms with Crippen LogP contribution in [0, 0.1) is 0 Å². The number of nitrogens with zero attached hydrogens (tertiary/aromatic N) is 1. The van der Waals surface area contributed by atoms with Crippen LogP contribution in [0.5, 0.6) is 0 Å². The van der Waals surface area contributed by atoms with Crippen molar-refractivity contribution in [3.63, 3.8) is 0 Å². The molecule has 110 valence electrons. The van der Waals surface area contributed by atoms with Gasteiger partial charge in [-0.05, 0) is 0 Å². The van der Waals surface area contributed by atoms with Crippen LogP contribution in [0.15, 0.2) is 0 Å². The van der Waals surface area contributed by atoms with Gasteiger partial charge in [0.05, 0.1) is 24.9 Å². The molecule has 1 unspecified atom stereocenters. The van der Waals surface area contributed by atoms with Gasteiger partial charge in [0.15, 0.2) is 0 Å². The van der Waals surface area contributed by atoms with E-state index in [1.54, 1.807) is 0 Å². The number of urea groups is 1. The molecular weight excluding hydrogens is 276 g/mol. The van der Waals surface area contributed by atoms with Crippen LogP contribution < -0.4 is 5.32 Å². The molecule has 8 nitrogen and oxygen atoms in total. The second-order valence-corrected chi connectivity index (χ2v) is 6.66. The number of morpholine rings is 1. The van der Waals surface area contributed by atoms with Gasteiger partial charge in [-0.2, -0.15) is 0 Å². The first kappa shape index (κ1) is 15.7. The smallest absolute Gasteiger partial charge is 0.317 e. The van der Waals surface area contributed by atoms with Crippen LogP contribution in [0.25, 0.3) is 0 Å². The molecule has 0 aromatic rings. The summed E-state index contributed by atoms with van der Waals surface area (Å²) >= 11 is 0. The molecule has 2 N–H and O–H groups in total. The standard InChI is InChI=1S/C10H18N2O6S/c1-19(16,17)5-2-11-10(15)12-3-4-18-8(7-12)6-9(13)14/h8H,2-7H2,1H3,(H,11,15)(H,13,14). The second-order valence-electron chi connectivity index (χ2n) is 4.40. The van der Waals surface area contributed by atoms with Gasteiger partial charge >= 0.3 is 12.0 Å². The van der Waals surface area contributed by atoms with Crippen molar-refractivity contribution >= 4 is 21.8 Å². The summed E-state index contributed by atoms with van der Waals surface area (Å²) in [5, 5.41) is 11.1. The maximum absolute atomic E-state index is 11.7. The lowest BCUT2D eigenvalue weighted by Gasteiger charge is -2.32. The van der Waals surface area contributed by atoms with Gasteiger partial charge in [-0.1, -0.05) is 0 Å². The van der Waals surface area contributed by atoms with E-state index in [0.717, 1.165) is 6.26 Å². The molecule has 1 rings (SSSR count). The highest BCUT2D eigenvalue weighted by molar-refractivity contribution is 7.90. The van der Waals surface area contributed by atoms with Crippen LogP contribution in [0.1, 0.15) is 6.42 Å². The van der Waals surface area contributed by atoms with Crippen molar-refractivity contribution in [3.05, 3.63) is 0 Å². The molecule has 2 amide bonds. The molecule has 0 saturated carbocycles. The summed E-state index contributed by atoms with van der Waals surface area (Å²) in [7, 11) is -3.11. The average molecular weight is 294 g/mol. The molecule has 1 heterocycles. The van der Waals surface area contributed by atoms with Gasteiger partial charge in [0.2, 0.25) is 0 Å². The Balaban J connectivity index is 2.37. The van der Waals surface area contributed by atoms with E-state index in [1.165, 1.54) is 4.90 Å². The molecule has 0 aliphatic carbocycles. The zero-order valence-electron chi connectivity index (χ0n) is 10.7. The lowest BCUT2D eigenvalue weighted by molar-refractivity contribution is -0.141. The molecule has 1 fully saturated rings. The maximum Gasteiger partial charge on any atom is 0.317 e. The summed E-state index contributed by atoms with van der Waals surface area (Å²) < 4.78 is 27.1. The molecule has 9 heteroatoms. The summed E-state index contributed by atoms with van der Waals surface area (Å²) in [6, 6.07) is -0.401. The maximum atomic E-state index is 11.7. The normalized spacial score (nSPS) is 20.1. The molecule has 0 bridgehead atoms. The van der Waals surface area contributed by atoms with Gasteiger partial charge < -0.3 is 20.1 Å². The van der Waals surface area contributed by atoms with Crippen molar-refractivity contribution < 1.29 is 27.9 Å². The zero-order chi connectivity index (χ0) is 14.5. The largest absolute Gasteiger partial charge is 0.481 e. The van der Waals surface area contributed by atoms with E-state index in [-0.39, 0.29) is 31.9 Å². The van der Waals surface area contributed by atoms with Gasteiger partial charge in [-0.3, -0.25) is 4.79 Å². The number of hydrogen-bond acceptors (Lipinski definition) is 5. The summed E-state index contributed by atoms with van der Waals surface area (Å²) in [4.78, 5) is 23.7. The minimum absolute atomic E-state index is 0.0403. The molecule has 0 aromatic carbocycles. The van der Waals surface area contributed by atoms with E-state index < -0.39 is 27.9 Å². The van der Waals surface area contributed by atoms with Gasteiger partial charge in [-0.15, -0.1) is 0 Å². The monoisotopic (exact) mass is 294 g/mol. The number of hydrogen-bond donors (Lipinski definition) is 2. The molecule has 1 aliphatic heterocycles. The molecule has 0 spiro atoms. The van der Waals surface area contributed by atoms with Crippen molar-refractivity contribution in [1.82, 2.24) is 10.2 Å². The van der Waals surface area contributed by atoms with Crippen molar-refractivity contribution in [2.75, 3.05) is 38.2 Å². The van der Waals surface area contributed by atoms with Crippen molar-refractivity contribution in [2.24, 2.45) is 0 Å². The third-order valence-corrected chi connectivity index (χ3v) is 3.52. The fourth-order valence-electron chi connectivity index (χ4n) is 1.68. The minimum atomic E-state index is -3.11. The lowest BCUT2D eigenvalue weighted by Crippen LogP contribution is -2.50. The van der Waals surface area contributed by atoms with Crippen LogP contribution >= 0.6 is 0 Å². The topological polar surface area (TPSA) is 113 Å². The summed E-state index contributed by atoms with van der Waals surface area (Å²) in [6.07, 6.45) is 0.413. The summed E-state index contributed by atoms with van der Waals surface area (Å²) in [5.41, 5.74) is 0. The number of carbonyl (C=O) groups is 2. The predicted octanol–water partition coefficient (Wildman–Crippen LogP) is -1.08. The number of ether oxygens (including phenoxy) is 1. The minimum Gasteiger partial charge on any atom is -0.481 e. The number of rotatable bonds is 5. The Morgan fingerprint density at radius 3 is 2.74 bits per heavy atom. The number of nitrogens with one attached hydrogen (secondary N) is 1. The van der Waals surface area contributed by atoms with E-state index in [1.807, 2.05) is 0 Å². The fraction of sp³-hybridized carbons (Fsp3) is 0.800. The average Bonchev–Trinajstić information content (AvgIpc) is 2.26. The lowest BCUT2D eigenvalue weighted by atomic mass is 10.2. The molecule has 1 aliphatic rings. The summed E-state index contributed by atoms with van der Waals surface area (Å²) in [5.74, 6) is -1.11. The first-order chi connectivity index (χ1) is 8.78. The third kappa shape index (κ3) is 6.39. The van der Waals surface area contributed by atoms with E-state index >= 15 is 0 Å². The molecule has 0 radical (unpaired) electrons. The number of carboxylic acid groups (broad SMARTS) is 1. The highest BCUT2D eigenvalue weighted by atomic mass is 32.2. The highest BCUT2D eigenvalue weighted by Crippen LogP contribution is 2.08. The van der Waals surface area contributed by atoms with Crippen LogP contribution in [0.3, 0.4) is 0 Å². The van der Waals surface area contributed by atoms with E-state index in [9.17, 15) is 18.0 Å². The second kappa shape index (κ2) is 6.71. The van der Waals surface area contributed by atoms with Gasteiger partial charge in [0, 0.05) is 25.9 Å². The Morgan fingerprint density at radius 2 is 2.16 bits per heavy atom. The van der Waals surface area contributed by atoms with Crippen LogP contribution in [-0.4, -0.2) is 74.8 Å². The van der Waals surface area contributed by atoms with E-state index in [2.05, 4.69) is 5.32 Å². The Bertz CT molecular complexity index is 435. The van der Waals surface area contributed by atoms with E-state index in [4.69, 9.17) is 9.84 Å². The number of aliphatic carboxylic acids is 1. The zero-order valence-corrected chi connectivity index (χ0v) is 11.5.